The number of carbonyl (C=O) groups is 2. The third kappa shape index (κ3) is 4.35. The topological polar surface area (TPSA) is 69.4 Å². The average Bonchev–Trinajstić information content (AvgIpc) is 2.27. The molecular weight excluding hydrogens is 226 g/mol. The van der Waals surface area contributed by atoms with Crippen LogP contribution in [-0.2, 0) is 14.3 Å². The van der Waals surface area contributed by atoms with Gasteiger partial charge in [0.1, 0.15) is 0 Å². The van der Waals surface area contributed by atoms with Gasteiger partial charge in [0.05, 0.1) is 5.75 Å². The van der Waals surface area contributed by atoms with E-state index in [0.717, 1.165) is 4.90 Å². The molecule has 0 aromatic heterocycles. The molecule has 5 heteroatoms. The number of primary amides is 1. The summed E-state index contributed by atoms with van der Waals surface area (Å²) in [6, 6.07) is 9.47. The van der Waals surface area contributed by atoms with Crippen LogP contribution in [0.1, 0.15) is 6.92 Å². The first-order chi connectivity index (χ1) is 7.59. The smallest absolute Gasteiger partial charge is 0.317 e. The van der Waals surface area contributed by atoms with Crippen molar-refractivity contribution in [1.29, 1.82) is 0 Å². The van der Waals surface area contributed by atoms with E-state index in [1.807, 2.05) is 30.3 Å². The molecule has 1 atom stereocenters. The van der Waals surface area contributed by atoms with E-state index in [1.54, 1.807) is 0 Å². The molecule has 1 aromatic carbocycles. The van der Waals surface area contributed by atoms with E-state index in [9.17, 15) is 9.59 Å². The highest BCUT2D eigenvalue weighted by Crippen LogP contribution is 2.16. The molecule has 4 nitrogen and oxygen atoms in total. The standard InChI is InChI=1S/C11H13NO3S/c1-8(11(12)14)15-10(13)7-16-9-5-3-2-4-6-9/h2-6,8H,7H2,1H3,(H2,12,14)/t8-/m0/s1. The number of carbonyl (C=O) groups excluding carboxylic acids is 2. The van der Waals surface area contributed by atoms with Gasteiger partial charge in [0.15, 0.2) is 6.10 Å². The summed E-state index contributed by atoms with van der Waals surface area (Å²) in [5.41, 5.74) is 4.97. The molecule has 0 bridgehead atoms. The van der Waals surface area contributed by atoms with Crippen LogP contribution >= 0.6 is 11.8 Å². The van der Waals surface area contributed by atoms with Gasteiger partial charge in [-0.1, -0.05) is 18.2 Å². The van der Waals surface area contributed by atoms with Crippen LogP contribution in [0.25, 0.3) is 0 Å². The van der Waals surface area contributed by atoms with Crippen LogP contribution in [0, 0.1) is 0 Å². The number of nitrogens with two attached hydrogens (primary N) is 1. The maximum Gasteiger partial charge on any atom is 0.317 e. The normalized spacial score (nSPS) is 11.8. The van der Waals surface area contributed by atoms with E-state index >= 15 is 0 Å². The Balaban J connectivity index is 2.33. The second-order valence-electron chi connectivity index (χ2n) is 3.14. The molecule has 0 aliphatic carbocycles. The molecule has 0 saturated carbocycles. The lowest BCUT2D eigenvalue weighted by Crippen LogP contribution is -2.30. The minimum absolute atomic E-state index is 0.168. The van der Waals surface area contributed by atoms with Gasteiger partial charge < -0.3 is 10.5 Å². The van der Waals surface area contributed by atoms with Crippen LogP contribution < -0.4 is 5.73 Å². The van der Waals surface area contributed by atoms with E-state index in [-0.39, 0.29) is 5.75 Å². The molecule has 1 rings (SSSR count). The van der Waals surface area contributed by atoms with Crippen molar-refractivity contribution in [3.63, 3.8) is 0 Å². The van der Waals surface area contributed by atoms with Crippen LogP contribution in [-0.4, -0.2) is 23.7 Å². The van der Waals surface area contributed by atoms with E-state index in [1.165, 1.54) is 18.7 Å². The molecule has 0 saturated heterocycles. The van der Waals surface area contributed by atoms with Crippen molar-refractivity contribution in [1.82, 2.24) is 0 Å². The Morgan fingerprint density at radius 2 is 2.00 bits per heavy atom. The van der Waals surface area contributed by atoms with E-state index in [0.29, 0.717) is 0 Å². The van der Waals surface area contributed by atoms with Crippen molar-refractivity contribution >= 4 is 23.6 Å². The Bertz CT molecular complexity index is 367. The summed E-state index contributed by atoms with van der Waals surface area (Å²) in [4.78, 5) is 22.9. The second kappa shape index (κ2) is 6.17. The molecule has 0 spiro atoms. The van der Waals surface area contributed by atoms with Crippen molar-refractivity contribution < 1.29 is 14.3 Å². The quantitative estimate of drug-likeness (QED) is 0.619. The Morgan fingerprint density at radius 1 is 1.38 bits per heavy atom. The lowest BCUT2D eigenvalue weighted by molar-refractivity contribution is -0.151. The minimum Gasteiger partial charge on any atom is -0.452 e. The molecule has 2 N–H and O–H groups in total. The van der Waals surface area contributed by atoms with Gasteiger partial charge in [-0.15, -0.1) is 11.8 Å². The summed E-state index contributed by atoms with van der Waals surface area (Å²) < 4.78 is 4.80. The summed E-state index contributed by atoms with van der Waals surface area (Å²) in [7, 11) is 0. The van der Waals surface area contributed by atoms with Gasteiger partial charge in [0.2, 0.25) is 0 Å². The zero-order chi connectivity index (χ0) is 12.0. The van der Waals surface area contributed by atoms with Gasteiger partial charge in [-0.25, -0.2) is 0 Å². The van der Waals surface area contributed by atoms with E-state index in [2.05, 4.69) is 0 Å². The highest BCUT2D eigenvalue weighted by Gasteiger charge is 2.14. The Morgan fingerprint density at radius 3 is 2.56 bits per heavy atom. The highest BCUT2D eigenvalue weighted by atomic mass is 32.2. The first kappa shape index (κ1) is 12.6. The first-order valence-corrected chi connectivity index (χ1v) is 5.75. The Labute approximate surface area is 98.2 Å². The number of thioether (sulfide) groups is 1. The van der Waals surface area contributed by atoms with E-state index < -0.39 is 18.0 Å². The second-order valence-corrected chi connectivity index (χ2v) is 4.18. The number of hydrogen-bond donors (Lipinski definition) is 1. The molecular formula is C11H13NO3S. The van der Waals surface area contributed by atoms with Gasteiger partial charge in [-0.2, -0.15) is 0 Å². The monoisotopic (exact) mass is 239 g/mol. The largest absolute Gasteiger partial charge is 0.452 e. The summed E-state index contributed by atoms with van der Waals surface area (Å²) in [6.45, 7) is 1.45. The number of hydrogen-bond acceptors (Lipinski definition) is 4. The van der Waals surface area contributed by atoms with Crippen molar-refractivity contribution in [3.05, 3.63) is 30.3 Å². The lowest BCUT2D eigenvalue weighted by atomic mass is 10.4. The summed E-state index contributed by atoms with van der Waals surface area (Å²) in [5, 5.41) is 0. The maximum atomic E-state index is 11.3. The third-order valence-electron chi connectivity index (χ3n) is 1.81. The van der Waals surface area contributed by atoms with Crippen molar-refractivity contribution in [2.24, 2.45) is 5.73 Å². The molecule has 0 fully saturated rings. The maximum absolute atomic E-state index is 11.3. The van der Waals surface area contributed by atoms with Gasteiger partial charge in [-0.05, 0) is 19.1 Å². The Kier molecular flexibility index (Phi) is 4.85. The number of esters is 1. The molecule has 1 aromatic rings. The molecule has 0 heterocycles. The first-order valence-electron chi connectivity index (χ1n) is 4.76. The lowest BCUT2D eigenvalue weighted by Gasteiger charge is -2.08. The SMILES string of the molecule is C[C@H](OC(=O)CSc1ccccc1)C(N)=O. The van der Waals surface area contributed by atoms with Crippen LogP contribution in [0.5, 0.6) is 0 Å². The minimum atomic E-state index is -0.871. The van der Waals surface area contributed by atoms with Crippen molar-refractivity contribution in [3.8, 4) is 0 Å². The van der Waals surface area contributed by atoms with Crippen molar-refractivity contribution in [2.75, 3.05) is 5.75 Å². The average molecular weight is 239 g/mol. The molecule has 0 aliphatic rings. The van der Waals surface area contributed by atoms with Gasteiger partial charge in [-0.3, -0.25) is 9.59 Å². The van der Waals surface area contributed by atoms with Gasteiger partial charge >= 0.3 is 5.97 Å². The highest BCUT2D eigenvalue weighted by molar-refractivity contribution is 8.00. The van der Waals surface area contributed by atoms with Gasteiger partial charge in [0.25, 0.3) is 5.91 Å². The molecule has 86 valence electrons. The predicted molar refractivity (Wildman–Crippen MR) is 61.9 cm³/mol. The van der Waals surface area contributed by atoms with Crippen LogP contribution in [0.15, 0.2) is 35.2 Å². The summed E-state index contributed by atoms with van der Waals surface area (Å²) in [6.07, 6.45) is -0.871. The fourth-order valence-electron chi connectivity index (χ4n) is 0.948. The van der Waals surface area contributed by atoms with Crippen LogP contribution in [0.4, 0.5) is 0 Å². The van der Waals surface area contributed by atoms with E-state index in [4.69, 9.17) is 10.5 Å². The molecule has 0 radical (unpaired) electrons. The molecule has 0 aliphatic heterocycles. The summed E-state index contributed by atoms with van der Waals surface area (Å²) >= 11 is 1.36. The fraction of sp³-hybridized carbons (Fsp3) is 0.273. The van der Waals surface area contributed by atoms with Crippen LogP contribution in [0.3, 0.4) is 0 Å². The fourth-order valence-corrected chi connectivity index (χ4v) is 1.65. The number of rotatable bonds is 5. The number of benzene rings is 1. The zero-order valence-electron chi connectivity index (χ0n) is 8.88. The van der Waals surface area contributed by atoms with Crippen LogP contribution in [0.2, 0.25) is 0 Å². The number of amides is 1. The molecule has 16 heavy (non-hydrogen) atoms. The third-order valence-corrected chi connectivity index (χ3v) is 2.79. The Hall–Kier alpha value is -1.49. The molecule has 0 unspecified atom stereocenters. The number of ether oxygens (including phenoxy) is 1. The van der Waals surface area contributed by atoms with Crippen molar-refractivity contribution in [2.45, 2.75) is 17.9 Å². The van der Waals surface area contributed by atoms with Gasteiger partial charge in [0, 0.05) is 4.90 Å². The summed E-state index contributed by atoms with van der Waals surface area (Å²) in [5.74, 6) is -0.917. The predicted octanol–water partition coefficient (Wildman–Crippen LogP) is 1.20. The molecule has 1 amide bonds. The zero-order valence-corrected chi connectivity index (χ0v) is 9.70.